The number of allylic oxidation sites excluding steroid dienone is 1. The summed E-state index contributed by atoms with van der Waals surface area (Å²) in [5, 5.41) is 5.36. The molecular weight excluding hydrogens is 833 g/mol. The van der Waals surface area contributed by atoms with Gasteiger partial charge in [0, 0.05) is 37.5 Å². The second kappa shape index (κ2) is 16.8. The number of sulfonamides is 1. The van der Waals surface area contributed by atoms with E-state index >= 15 is 0 Å². The van der Waals surface area contributed by atoms with Gasteiger partial charge in [-0.05, 0) is 72.1 Å². The molecule has 4 aliphatic rings. The molecule has 0 radical (unpaired) electrons. The van der Waals surface area contributed by atoms with Crippen molar-refractivity contribution in [3.05, 3.63) is 35.8 Å². The van der Waals surface area contributed by atoms with Crippen LogP contribution < -0.4 is 24.8 Å². The molecule has 3 heterocycles. The molecule has 61 heavy (non-hydrogen) atoms. The van der Waals surface area contributed by atoms with Crippen molar-refractivity contribution in [3.8, 4) is 11.6 Å². The van der Waals surface area contributed by atoms with Crippen LogP contribution in [0.3, 0.4) is 0 Å². The van der Waals surface area contributed by atoms with Gasteiger partial charge in [0.1, 0.15) is 29.3 Å². The molecule has 2 aliphatic carbocycles. The molecule has 6 rings (SSSR count). The van der Waals surface area contributed by atoms with Crippen molar-refractivity contribution in [2.24, 2.45) is 17.8 Å². The van der Waals surface area contributed by atoms with E-state index in [4.69, 9.17) is 18.9 Å². The van der Waals surface area contributed by atoms with Gasteiger partial charge in [-0.3, -0.25) is 19.1 Å². The van der Waals surface area contributed by atoms with Gasteiger partial charge in [-0.2, -0.15) is 13.2 Å². The van der Waals surface area contributed by atoms with Gasteiger partial charge in [-0.1, -0.05) is 19.1 Å². The highest BCUT2D eigenvalue weighted by atomic mass is 32.2. The first kappa shape index (κ1) is 45.7. The summed E-state index contributed by atoms with van der Waals surface area (Å²) in [6.45, 7) is 7.78. The first-order valence-electron chi connectivity index (χ1n) is 20.0. The molecule has 336 valence electrons. The van der Waals surface area contributed by atoms with Gasteiger partial charge in [-0.15, -0.1) is 0 Å². The molecule has 4 amide bonds. The number of carbonyl (C=O) groups excluding carboxylic acids is 4. The van der Waals surface area contributed by atoms with Crippen LogP contribution >= 0.6 is 0 Å². The van der Waals surface area contributed by atoms with Crippen molar-refractivity contribution in [2.45, 2.75) is 120 Å². The second-order valence-corrected chi connectivity index (χ2v) is 19.9. The Morgan fingerprint density at radius 2 is 1.75 bits per heavy atom. The zero-order chi connectivity index (χ0) is 44.9. The average molecular weight is 885 g/mol. The van der Waals surface area contributed by atoms with E-state index in [0.29, 0.717) is 32.1 Å². The Balaban J connectivity index is 1.41. The molecule has 3 fully saturated rings. The number of aromatic nitrogens is 2. The van der Waals surface area contributed by atoms with Gasteiger partial charge in [0.25, 0.3) is 5.91 Å². The highest BCUT2D eigenvalue weighted by Gasteiger charge is 2.63. The van der Waals surface area contributed by atoms with Crippen molar-refractivity contribution in [1.82, 2.24) is 30.2 Å². The van der Waals surface area contributed by atoms with Crippen LogP contribution in [0.4, 0.5) is 22.4 Å². The van der Waals surface area contributed by atoms with Crippen LogP contribution in [0, 0.1) is 23.6 Å². The standard InChI is InChI=1S/C40H52F4N6O10S/c1-21-10-8-9-11-23-18-39(23,35(53)49-61(55,56)38(5)12-13-38)48-32(51)28-15-24(19-50(28)34(52)30(22(14-21)20-57-6)47-36(54)60-37(2,3)4)59-33-31(40(42,43)44)45-26-16-25(41)29(58-7)17-27(26)46-33/h9,11,16-17,21-24,28,30H,8,10,12-15,18-20H2,1-7H3,(H,47,54)(H,48,51)(H,49,53). The maximum absolute atomic E-state index is 15.0. The van der Waals surface area contributed by atoms with Gasteiger partial charge < -0.3 is 34.5 Å². The van der Waals surface area contributed by atoms with E-state index < -0.39 is 122 Å². The van der Waals surface area contributed by atoms with Crippen molar-refractivity contribution in [2.75, 3.05) is 27.4 Å². The molecule has 3 N–H and O–H groups in total. The lowest BCUT2D eigenvalue weighted by Crippen LogP contribution is -2.60. The zero-order valence-electron chi connectivity index (χ0n) is 35.0. The summed E-state index contributed by atoms with van der Waals surface area (Å²) in [6.07, 6.45) is -2.18. The second-order valence-electron chi connectivity index (χ2n) is 17.7. The summed E-state index contributed by atoms with van der Waals surface area (Å²) in [5.41, 5.74) is -4.99. The maximum Gasteiger partial charge on any atom is 0.438 e. The fraction of sp³-hybridized carbons (Fsp3) is 0.650. The molecule has 2 aromatic rings. The van der Waals surface area contributed by atoms with Crippen LogP contribution in [0.2, 0.25) is 0 Å². The number of hydrogen-bond donors (Lipinski definition) is 3. The monoisotopic (exact) mass is 884 g/mol. The van der Waals surface area contributed by atoms with E-state index in [0.717, 1.165) is 24.1 Å². The van der Waals surface area contributed by atoms with Crippen molar-refractivity contribution in [1.29, 1.82) is 0 Å². The number of amides is 4. The molecule has 1 aromatic carbocycles. The number of methoxy groups -OCH3 is 2. The third-order valence-corrected chi connectivity index (χ3v) is 13.7. The van der Waals surface area contributed by atoms with Crippen LogP contribution in [-0.2, 0) is 40.1 Å². The highest BCUT2D eigenvalue weighted by Crippen LogP contribution is 2.48. The van der Waals surface area contributed by atoms with Gasteiger partial charge >= 0.3 is 12.3 Å². The predicted molar refractivity (Wildman–Crippen MR) is 210 cm³/mol. The number of ether oxygens (including phenoxy) is 4. The van der Waals surface area contributed by atoms with Crippen molar-refractivity contribution >= 4 is 44.9 Å². The van der Waals surface area contributed by atoms with E-state index in [1.807, 2.05) is 13.0 Å². The van der Waals surface area contributed by atoms with E-state index in [9.17, 15) is 45.2 Å². The van der Waals surface area contributed by atoms with E-state index in [1.54, 1.807) is 26.8 Å². The van der Waals surface area contributed by atoms with Gasteiger partial charge in [0.2, 0.25) is 33.4 Å². The lowest BCUT2D eigenvalue weighted by atomic mass is 9.87. The topological polar surface area (TPSA) is 204 Å². The van der Waals surface area contributed by atoms with Crippen LogP contribution in [0.5, 0.6) is 11.6 Å². The Morgan fingerprint density at radius 1 is 1.07 bits per heavy atom. The lowest BCUT2D eigenvalue weighted by Gasteiger charge is -2.34. The number of carbonyl (C=O) groups is 4. The summed E-state index contributed by atoms with van der Waals surface area (Å²) in [4.78, 5) is 65.5. The SMILES string of the molecule is COCC1CC(C)CCC=CC2CC2(C(=O)NS(=O)(=O)C2(C)CC2)NC(=O)C2CC(Oc3nc4cc(OC)c(F)cc4nc3C(F)(F)F)CN2C(=O)C1NC(=O)OC(C)(C)C. The number of benzene rings is 1. The fourth-order valence-electron chi connectivity index (χ4n) is 7.85. The number of halogens is 4. The minimum absolute atomic E-state index is 0.0217. The Kier molecular flexibility index (Phi) is 12.6. The molecular formula is C40H52F4N6O10S. The number of hydrogen-bond acceptors (Lipinski definition) is 12. The predicted octanol–water partition coefficient (Wildman–Crippen LogP) is 4.55. The van der Waals surface area contributed by atoms with Gasteiger partial charge in [0.15, 0.2) is 11.6 Å². The Hall–Kier alpha value is -4.79. The molecule has 21 heteroatoms. The van der Waals surface area contributed by atoms with Crippen molar-refractivity contribution in [3.63, 3.8) is 0 Å². The minimum Gasteiger partial charge on any atom is -0.494 e. The van der Waals surface area contributed by atoms with Crippen LogP contribution in [0.25, 0.3) is 11.0 Å². The smallest absolute Gasteiger partial charge is 0.438 e. The molecule has 2 saturated carbocycles. The third-order valence-electron chi connectivity index (χ3n) is 11.6. The largest absolute Gasteiger partial charge is 0.494 e. The lowest BCUT2D eigenvalue weighted by molar-refractivity contribution is -0.143. The number of nitrogens with one attached hydrogen (secondary N) is 3. The first-order chi connectivity index (χ1) is 28.4. The maximum atomic E-state index is 15.0. The quantitative estimate of drug-likeness (QED) is 0.235. The normalized spacial score (nSPS) is 28.1. The van der Waals surface area contributed by atoms with Gasteiger partial charge in [-0.25, -0.2) is 27.6 Å². The number of nitrogens with zero attached hydrogens (tertiary/aromatic N) is 3. The molecule has 1 aromatic heterocycles. The Bertz CT molecular complexity index is 2200. The summed E-state index contributed by atoms with van der Waals surface area (Å²) < 4.78 is 107. The number of fused-ring (bicyclic) bond motifs is 3. The third kappa shape index (κ3) is 9.97. The summed E-state index contributed by atoms with van der Waals surface area (Å²) >= 11 is 0. The van der Waals surface area contributed by atoms with Crippen LogP contribution in [-0.4, -0.2) is 109 Å². The summed E-state index contributed by atoms with van der Waals surface area (Å²) in [6, 6.07) is -1.15. The number of alkyl halides is 3. The Morgan fingerprint density at radius 3 is 2.38 bits per heavy atom. The minimum atomic E-state index is -5.15. The molecule has 16 nitrogen and oxygen atoms in total. The van der Waals surface area contributed by atoms with Gasteiger partial charge in [0.05, 0.1) is 36.0 Å². The Labute approximate surface area is 350 Å². The first-order valence-corrected chi connectivity index (χ1v) is 21.5. The summed E-state index contributed by atoms with van der Waals surface area (Å²) in [7, 11) is -1.57. The molecule has 7 unspecified atom stereocenters. The van der Waals surface area contributed by atoms with E-state index in [2.05, 4.69) is 25.3 Å². The fourth-order valence-corrected chi connectivity index (χ4v) is 9.16. The molecule has 0 spiro atoms. The molecule has 0 bridgehead atoms. The van der Waals surface area contributed by atoms with Crippen LogP contribution in [0.15, 0.2) is 24.3 Å². The summed E-state index contributed by atoms with van der Waals surface area (Å²) in [5.74, 6) is -6.44. The number of rotatable bonds is 9. The van der Waals surface area contributed by atoms with E-state index in [1.165, 1.54) is 14.0 Å². The van der Waals surface area contributed by atoms with Crippen LogP contribution in [0.1, 0.15) is 85.3 Å². The number of alkyl carbamates (subject to hydrolysis) is 1. The van der Waals surface area contributed by atoms with Crippen molar-refractivity contribution < 1.29 is 64.1 Å². The molecule has 7 atom stereocenters. The zero-order valence-corrected chi connectivity index (χ0v) is 35.8. The molecule has 1 saturated heterocycles. The molecule has 2 aliphatic heterocycles. The highest BCUT2D eigenvalue weighted by molar-refractivity contribution is 7.91. The average Bonchev–Trinajstić information content (AvgIpc) is 4.03. The van der Waals surface area contributed by atoms with E-state index in [-0.39, 0.29) is 30.2 Å².